The zero-order valence-electron chi connectivity index (χ0n) is 12.1. The molecule has 6 nitrogen and oxygen atoms in total. The second-order valence-electron chi connectivity index (χ2n) is 4.75. The van der Waals surface area contributed by atoms with Gasteiger partial charge in [-0.25, -0.2) is 4.79 Å². The fraction of sp³-hybridized carbons (Fsp3) is 0.750. The number of rotatable bonds is 6. The molecular weight excluding hydrogens is 295 g/mol. The average Bonchev–Trinajstić information content (AvgIpc) is 2.24. The lowest BCUT2D eigenvalue weighted by atomic mass is 10.2. The van der Waals surface area contributed by atoms with Gasteiger partial charge in [0.05, 0.1) is 18.6 Å². The highest BCUT2D eigenvalue weighted by Crippen LogP contribution is 2.15. The first kappa shape index (κ1) is 19.2. The standard InChI is InChI=1S/C12H18F3NO5/c1-6(2)20-9(17)5-8(10(18)21-7(3)4)16-11(19)12(13,14)15/h6-8H,5H2,1-4H3,(H,16,19). The number of halogens is 3. The van der Waals surface area contributed by atoms with Crippen molar-refractivity contribution in [3.63, 3.8) is 0 Å². The molecule has 0 aliphatic rings. The molecule has 9 heteroatoms. The molecule has 0 rings (SSSR count). The van der Waals surface area contributed by atoms with Crippen LogP contribution in [0.2, 0.25) is 0 Å². The molecule has 1 unspecified atom stereocenters. The molecule has 0 saturated heterocycles. The van der Waals surface area contributed by atoms with E-state index in [1.165, 1.54) is 33.0 Å². The summed E-state index contributed by atoms with van der Waals surface area (Å²) in [6.07, 6.45) is -7.02. The fourth-order valence-corrected chi connectivity index (χ4v) is 1.23. The number of esters is 2. The van der Waals surface area contributed by atoms with E-state index in [1.807, 2.05) is 0 Å². The number of hydrogen-bond donors (Lipinski definition) is 1. The monoisotopic (exact) mass is 313 g/mol. The van der Waals surface area contributed by atoms with Gasteiger partial charge in [0.25, 0.3) is 0 Å². The Balaban J connectivity index is 4.89. The van der Waals surface area contributed by atoms with Crippen molar-refractivity contribution in [2.24, 2.45) is 0 Å². The third-order valence-electron chi connectivity index (χ3n) is 1.94. The molecule has 122 valence electrons. The van der Waals surface area contributed by atoms with Crippen LogP contribution in [-0.2, 0) is 23.9 Å². The van der Waals surface area contributed by atoms with Gasteiger partial charge in [-0.05, 0) is 27.7 Å². The number of nitrogens with one attached hydrogen (secondary N) is 1. The molecule has 0 fully saturated rings. The zero-order chi connectivity index (χ0) is 16.8. The first-order valence-corrected chi connectivity index (χ1v) is 6.21. The van der Waals surface area contributed by atoms with Gasteiger partial charge in [-0.3, -0.25) is 9.59 Å². The molecular formula is C12H18F3NO5. The Bertz CT molecular complexity index is 393. The van der Waals surface area contributed by atoms with Gasteiger partial charge < -0.3 is 14.8 Å². The Morgan fingerprint density at radius 3 is 1.86 bits per heavy atom. The highest BCUT2D eigenvalue weighted by molar-refractivity contribution is 5.90. The molecule has 0 heterocycles. The van der Waals surface area contributed by atoms with E-state index in [1.54, 1.807) is 0 Å². The number of amides is 1. The fourth-order valence-electron chi connectivity index (χ4n) is 1.23. The molecule has 0 bridgehead atoms. The number of hydrogen-bond acceptors (Lipinski definition) is 5. The van der Waals surface area contributed by atoms with Gasteiger partial charge in [-0.2, -0.15) is 13.2 Å². The maximum atomic E-state index is 12.2. The Kier molecular flexibility index (Phi) is 7.17. The Hall–Kier alpha value is -1.80. The van der Waals surface area contributed by atoms with Crippen LogP contribution in [-0.4, -0.2) is 42.3 Å². The normalized spacial score (nSPS) is 13.0. The lowest BCUT2D eigenvalue weighted by molar-refractivity contribution is -0.177. The van der Waals surface area contributed by atoms with Gasteiger partial charge in [0.15, 0.2) is 0 Å². The van der Waals surface area contributed by atoms with Gasteiger partial charge >= 0.3 is 24.0 Å². The van der Waals surface area contributed by atoms with Crippen LogP contribution in [0.3, 0.4) is 0 Å². The number of carbonyl (C=O) groups is 3. The average molecular weight is 313 g/mol. The molecule has 0 radical (unpaired) electrons. The number of alkyl halides is 3. The maximum Gasteiger partial charge on any atom is 0.471 e. The Morgan fingerprint density at radius 1 is 1.00 bits per heavy atom. The largest absolute Gasteiger partial charge is 0.471 e. The summed E-state index contributed by atoms with van der Waals surface area (Å²) in [5.74, 6) is -4.38. The minimum Gasteiger partial charge on any atom is -0.463 e. The van der Waals surface area contributed by atoms with E-state index in [4.69, 9.17) is 9.47 Å². The summed E-state index contributed by atoms with van der Waals surface area (Å²) in [6.45, 7) is 6.03. The van der Waals surface area contributed by atoms with E-state index < -0.39 is 48.7 Å². The van der Waals surface area contributed by atoms with Gasteiger partial charge in [0.1, 0.15) is 6.04 Å². The molecule has 1 N–H and O–H groups in total. The van der Waals surface area contributed by atoms with Crippen molar-refractivity contribution in [3.05, 3.63) is 0 Å². The second-order valence-corrected chi connectivity index (χ2v) is 4.75. The van der Waals surface area contributed by atoms with Crippen LogP contribution in [0.25, 0.3) is 0 Å². The summed E-state index contributed by atoms with van der Waals surface area (Å²) in [5, 5.41) is 1.43. The van der Waals surface area contributed by atoms with E-state index in [0.717, 1.165) is 0 Å². The summed E-state index contributed by atoms with van der Waals surface area (Å²) in [4.78, 5) is 33.9. The first-order valence-electron chi connectivity index (χ1n) is 6.21. The quantitative estimate of drug-likeness (QED) is 0.748. The minimum atomic E-state index is -5.17. The van der Waals surface area contributed by atoms with E-state index in [0.29, 0.717) is 0 Å². The summed E-state index contributed by atoms with van der Waals surface area (Å²) < 4.78 is 46.0. The molecule has 0 saturated carbocycles. The predicted octanol–water partition coefficient (Wildman–Crippen LogP) is 1.33. The van der Waals surface area contributed by atoms with Crippen molar-refractivity contribution < 1.29 is 37.0 Å². The third-order valence-corrected chi connectivity index (χ3v) is 1.94. The Morgan fingerprint density at radius 2 is 1.48 bits per heavy atom. The van der Waals surface area contributed by atoms with E-state index in [-0.39, 0.29) is 0 Å². The predicted molar refractivity (Wildman–Crippen MR) is 65.1 cm³/mol. The van der Waals surface area contributed by atoms with Crippen molar-refractivity contribution in [3.8, 4) is 0 Å². The van der Waals surface area contributed by atoms with Crippen LogP contribution in [0.4, 0.5) is 13.2 Å². The van der Waals surface area contributed by atoms with Crippen molar-refractivity contribution in [1.29, 1.82) is 0 Å². The van der Waals surface area contributed by atoms with Crippen molar-refractivity contribution in [1.82, 2.24) is 5.32 Å². The molecule has 1 atom stereocenters. The van der Waals surface area contributed by atoms with Gasteiger partial charge in [-0.15, -0.1) is 0 Å². The molecule has 0 spiro atoms. The molecule has 21 heavy (non-hydrogen) atoms. The lowest BCUT2D eigenvalue weighted by Gasteiger charge is -2.19. The molecule has 1 amide bonds. The molecule has 0 aromatic rings. The van der Waals surface area contributed by atoms with E-state index >= 15 is 0 Å². The van der Waals surface area contributed by atoms with Crippen LogP contribution in [0, 0.1) is 0 Å². The molecule has 0 aromatic heterocycles. The van der Waals surface area contributed by atoms with Gasteiger partial charge in [0.2, 0.25) is 0 Å². The van der Waals surface area contributed by atoms with Crippen LogP contribution >= 0.6 is 0 Å². The lowest BCUT2D eigenvalue weighted by Crippen LogP contribution is -2.49. The van der Waals surface area contributed by atoms with E-state index in [2.05, 4.69) is 0 Å². The highest BCUT2D eigenvalue weighted by Gasteiger charge is 2.41. The van der Waals surface area contributed by atoms with Crippen molar-refractivity contribution in [2.45, 2.75) is 58.5 Å². The number of ether oxygens (including phenoxy) is 2. The summed E-state index contributed by atoms with van der Waals surface area (Å²) >= 11 is 0. The van der Waals surface area contributed by atoms with Crippen molar-refractivity contribution >= 4 is 17.8 Å². The summed E-state index contributed by atoms with van der Waals surface area (Å²) in [7, 11) is 0. The zero-order valence-corrected chi connectivity index (χ0v) is 12.1. The molecule has 0 aromatic carbocycles. The third kappa shape index (κ3) is 8.16. The smallest absolute Gasteiger partial charge is 0.463 e. The SMILES string of the molecule is CC(C)OC(=O)CC(NC(=O)C(F)(F)F)C(=O)OC(C)C. The maximum absolute atomic E-state index is 12.2. The minimum absolute atomic E-state index is 0.502. The van der Waals surface area contributed by atoms with Crippen LogP contribution in [0.1, 0.15) is 34.1 Å². The molecule has 0 aliphatic carbocycles. The van der Waals surface area contributed by atoms with Gasteiger partial charge in [0, 0.05) is 0 Å². The Labute approximate surface area is 120 Å². The van der Waals surface area contributed by atoms with Crippen LogP contribution < -0.4 is 5.32 Å². The topological polar surface area (TPSA) is 81.7 Å². The molecule has 0 aliphatic heterocycles. The van der Waals surface area contributed by atoms with E-state index in [9.17, 15) is 27.6 Å². The summed E-state index contributed by atoms with van der Waals surface area (Å²) in [5.41, 5.74) is 0. The van der Waals surface area contributed by atoms with Gasteiger partial charge in [-0.1, -0.05) is 0 Å². The highest BCUT2D eigenvalue weighted by atomic mass is 19.4. The van der Waals surface area contributed by atoms with Crippen LogP contribution in [0.15, 0.2) is 0 Å². The first-order chi connectivity index (χ1) is 9.43. The second kappa shape index (κ2) is 7.84. The van der Waals surface area contributed by atoms with Crippen molar-refractivity contribution in [2.75, 3.05) is 0 Å². The van der Waals surface area contributed by atoms with Crippen LogP contribution in [0.5, 0.6) is 0 Å². The number of carbonyl (C=O) groups excluding carboxylic acids is 3. The summed E-state index contributed by atoms with van der Waals surface area (Å²) in [6, 6.07) is -1.76.